The van der Waals surface area contributed by atoms with E-state index >= 15 is 0 Å². The lowest BCUT2D eigenvalue weighted by Crippen LogP contribution is -2.27. The van der Waals surface area contributed by atoms with E-state index in [4.69, 9.17) is 27.9 Å². The average Bonchev–Trinajstić information content (AvgIpc) is 2.99. The molecule has 0 aromatic heterocycles. The largest absolute Gasteiger partial charge is 0.457 e. The molecule has 1 saturated heterocycles. The van der Waals surface area contributed by atoms with Gasteiger partial charge in [0.25, 0.3) is 11.1 Å². The molecule has 1 aliphatic heterocycles. The quantitative estimate of drug-likeness (QED) is 0.387. The number of thioether (sulfide) groups is 1. The first-order chi connectivity index (χ1) is 14.5. The average molecular weight is 456 g/mol. The normalized spacial score (nSPS) is 15.1. The van der Waals surface area contributed by atoms with Crippen molar-refractivity contribution in [1.82, 2.24) is 4.90 Å². The second-order valence-corrected chi connectivity index (χ2v) is 8.31. The molecule has 0 unspecified atom stereocenters. The Hall–Kier alpha value is -2.73. The zero-order chi connectivity index (χ0) is 21.1. The number of imide groups is 1. The number of hydrogen-bond acceptors (Lipinski definition) is 4. The number of amides is 2. The molecule has 150 valence electrons. The van der Waals surface area contributed by atoms with Crippen molar-refractivity contribution >= 4 is 52.2 Å². The Morgan fingerprint density at radius 3 is 2.40 bits per heavy atom. The third-order valence-electron chi connectivity index (χ3n) is 4.33. The van der Waals surface area contributed by atoms with Gasteiger partial charge in [0.1, 0.15) is 11.5 Å². The number of carbonyl (C=O) groups is 2. The summed E-state index contributed by atoms with van der Waals surface area (Å²) >= 11 is 12.9. The maximum atomic E-state index is 12.8. The summed E-state index contributed by atoms with van der Waals surface area (Å²) in [5.41, 5.74) is 1.50. The van der Waals surface area contributed by atoms with Gasteiger partial charge in [-0.15, -0.1) is 0 Å². The molecule has 1 heterocycles. The number of rotatable bonds is 5. The van der Waals surface area contributed by atoms with Crippen molar-refractivity contribution in [1.29, 1.82) is 0 Å². The standard InChI is InChI=1S/C23H15Cl2NO3S/c24-19-10-9-16(12-20(19)25)14-26-22(27)21(30-23(26)28)13-15-5-4-8-18(11-15)29-17-6-2-1-3-7-17/h1-13H,14H2/b21-13+. The Morgan fingerprint density at radius 1 is 0.867 bits per heavy atom. The fourth-order valence-corrected chi connectivity index (χ4v) is 4.06. The van der Waals surface area contributed by atoms with E-state index in [0.29, 0.717) is 20.7 Å². The number of hydrogen-bond donors (Lipinski definition) is 0. The Bertz CT molecular complexity index is 1150. The minimum atomic E-state index is -0.342. The summed E-state index contributed by atoms with van der Waals surface area (Å²) in [6.45, 7) is 0.135. The molecule has 3 aromatic carbocycles. The van der Waals surface area contributed by atoms with Crippen LogP contribution < -0.4 is 4.74 Å². The molecule has 0 bridgehead atoms. The van der Waals surface area contributed by atoms with Crippen LogP contribution in [0.2, 0.25) is 10.0 Å². The molecule has 1 aliphatic rings. The second-order valence-electron chi connectivity index (χ2n) is 6.50. The topological polar surface area (TPSA) is 46.6 Å². The molecule has 30 heavy (non-hydrogen) atoms. The minimum Gasteiger partial charge on any atom is -0.457 e. The molecule has 0 radical (unpaired) electrons. The van der Waals surface area contributed by atoms with Gasteiger partial charge in [-0.3, -0.25) is 14.5 Å². The number of benzene rings is 3. The highest BCUT2D eigenvalue weighted by molar-refractivity contribution is 8.18. The molecule has 1 fully saturated rings. The van der Waals surface area contributed by atoms with Crippen molar-refractivity contribution in [3.05, 3.63) is 98.9 Å². The lowest BCUT2D eigenvalue weighted by Gasteiger charge is -2.13. The lowest BCUT2D eigenvalue weighted by atomic mass is 10.2. The predicted molar refractivity (Wildman–Crippen MR) is 121 cm³/mol. The Kier molecular flexibility index (Phi) is 6.13. The lowest BCUT2D eigenvalue weighted by molar-refractivity contribution is -0.123. The summed E-state index contributed by atoms with van der Waals surface area (Å²) in [4.78, 5) is 26.7. The zero-order valence-electron chi connectivity index (χ0n) is 15.5. The summed E-state index contributed by atoms with van der Waals surface area (Å²) in [5, 5.41) is 0.480. The first-order valence-corrected chi connectivity index (χ1v) is 10.6. The van der Waals surface area contributed by atoms with Crippen molar-refractivity contribution in [2.24, 2.45) is 0 Å². The van der Waals surface area contributed by atoms with E-state index in [-0.39, 0.29) is 17.7 Å². The molecule has 4 nitrogen and oxygen atoms in total. The fourth-order valence-electron chi connectivity index (χ4n) is 2.90. The minimum absolute atomic E-state index is 0.135. The van der Waals surface area contributed by atoms with Crippen LogP contribution in [-0.4, -0.2) is 16.0 Å². The molecule has 0 N–H and O–H groups in total. The summed E-state index contributed by atoms with van der Waals surface area (Å²) in [6, 6.07) is 21.8. The maximum Gasteiger partial charge on any atom is 0.293 e. The van der Waals surface area contributed by atoms with Crippen molar-refractivity contribution in [2.45, 2.75) is 6.54 Å². The molecule has 7 heteroatoms. The third-order valence-corrected chi connectivity index (χ3v) is 5.98. The Morgan fingerprint density at radius 2 is 1.63 bits per heavy atom. The van der Waals surface area contributed by atoms with Gasteiger partial charge in [0.2, 0.25) is 0 Å². The van der Waals surface area contributed by atoms with Crippen LogP contribution in [0.5, 0.6) is 11.5 Å². The van der Waals surface area contributed by atoms with Crippen LogP contribution in [0.1, 0.15) is 11.1 Å². The van der Waals surface area contributed by atoms with Crippen LogP contribution in [0, 0.1) is 0 Å². The van der Waals surface area contributed by atoms with E-state index < -0.39 is 0 Å². The van der Waals surface area contributed by atoms with Gasteiger partial charge in [-0.05, 0) is 65.4 Å². The third kappa shape index (κ3) is 4.70. The number of halogens is 2. The summed E-state index contributed by atoms with van der Waals surface area (Å²) in [6.07, 6.45) is 1.69. The van der Waals surface area contributed by atoms with E-state index in [2.05, 4.69) is 0 Å². The van der Waals surface area contributed by atoms with E-state index in [1.807, 2.05) is 54.6 Å². The van der Waals surface area contributed by atoms with Gasteiger partial charge < -0.3 is 4.74 Å². The van der Waals surface area contributed by atoms with Crippen LogP contribution in [0.4, 0.5) is 4.79 Å². The Balaban J connectivity index is 1.51. The van der Waals surface area contributed by atoms with Gasteiger partial charge >= 0.3 is 0 Å². The van der Waals surface area contributed by atoms with Crippen molar-refractivity contribution < 1.29 is 14.3 Å². The molecule has 0 spiro atoms. The van der Waals surface area contributed by atoms with Gasteiger partial charge in [-0.1, -0.05) is 59.6 Å². The summed E-state index contributed by atoms with van der Waals surface area (Å²) < 4.78 is 5.83. The van der Waals surface area contributed by atoms with Gasteiger partial charge in [0, 0.05) is 0 Å². The first kappa shape index (κ1) is 20.5. The SMILES string of the molecule is O=C1S/C(=C/c2cccc(Oc3ccccc3)c2)C(=O)N1Cc1ccc(Cl)c(Cl)c1. The fraction of sp³-hybridized carbons (Fsp3) is 0.0435. The highest BCUT2D eigenvalue weighted by Crippen LogP contribution is 2.34. The van der Waals surface area contributed by atoms with Gasteiger partial charge in [-0.25, -0.2) is 0 Å². The van der Waals surface area contributed by atoms with Crippen molar-refractivity contribution in [2.75, 3.05) is 0 Å². The summed E-state index contributed by atoms with van der Waals surface area (Å²) in [7, 11) is 0. The molecule has 4 rings (SSSR count). The Labute approximate surface area is 188 Å². The van der Waals surface area contributed by atoms with E-state index in [1.165, 1.54) is 4.90 Å². The monoisotopic (exact) mass is 455 g/mol. The first-order valence-electron chi connectivity index (χ1n) is 9.02. The van der Waals surface area contributed by atoms with Gasteiger partial charge in [0.05, 0.1) is 21.5 Å². The molecule has 0 saturated carbocycles. The molecule has 0 atom stereocenters. The van der Waals surface area contributed by atoms with Crippen LogP contribution in [-0.2, 0) is 11.3 Å². The molecule has 3 aromatic rings. The second kappa shape index (κ2) is 8.96. The van der Waals surface area contributed by atoms with Crippen LogP contribution >= 0.6 is 35.0 Å². The molecular weight excluding hydrogens is 441 g/mol. The number of para-hydroxylation sites is 1. The van der Waals surface area contributed by atoms with Gasteiger partial charge in [0.15, 0.2) is 0 Å². The van der Waals surface area contributed by atoms with E-state index in [9.17, 15) is 9.59 Å². The summed E-state index contributed by atoms with van der Waals surface area (Å²) in [5.74, 6) is 1.02. The predicted octanol–water partition coefficient (Wildman–Crippen LogP) is 7.02. The zero-order valence-corrected chi connectivity index (χ0v) is 17.9. The number of carbonyl (C=O) groups excluding carboxylic acids is 2. The van der Waals surface area contributed by atoms with E-state index in [0.717, 1.165) is 28.6 Å². The van der Waals surface area contributed by atoms with Crippen LogP contribution in [0.3, 0.4) is 0 Å². The van der Waals surface area contributed by atoms with Crippen LogP contribution in [0.15, 0.2) is 77.7 Å². The maximum absolute atomic E-state index is 12.8. The molecule has 0 aliphatic carbocycles. The molecular formula is C23H15Cl2NO3S. The van der Waals surface area contributed by atoms with Crippen molar-refractivity contribution in [3.8, 4) is 11.5 Å². The van der Waals surface area contributed by atoms with Gasteiger partial charge in [-0.2, -0.15) is 0 Å². The smallest absolute Gasteiger partial charge is 0.293 e. The highest BCUT2D eigenvalue weighted by Gasteiger charge is 2.35. The van der Waals surface area contributed by atoms with Crippen molar-refractivity contribution in [3.63, 3.8) is 0 Å². The number of ether oxygens (including phenoxy) is 1. The highest BCUT2D eigenvalue weighted by atomic mass is 35.5. The number of nitrogens with zero attached hydrogens (tertiary/aromatic N) is 1. The van der Waals surface area contributed by atoms with Crippen LogP contribution in [0.25, 0.3) is 6.08 Å². The molecule has 2 amide bonds. The van der Waals surface area contributed by atoms with E-state index in [1.54, 1.807) is 24.3 Å².